The highest BCUT2D eigenvalue weighted by Crippen LogP contribution is 2.10. The number of ether oxygens (including phenoxy) is 9. The highest BCUT2D eigenvalue weighted by molar-refractivity contribution is 5.80. The first kappa shape index (κ1) is 47.1. The summed E-state index contributed by atoms with van der Waals surface area (Å²) in [7, 11) is 0. The molecule has 0 heterocycles. The fourth-order valence-corrected chi connectivity index (χ4v) is 4.22. The Morgan fingerprint density at radius 2 is 0.796 bits per heavy atom. The molecule has 0 bridgehead atoms. The number of carbonyl (C=O) groups is 3. The van der Waals surface area contributed by atoms with E-state index in [9.17, 15) is 14.4 Å². The van der Waals surface area contributed by atoms with Crippen molar-refractivity contribution in [3.8, 4) is 0 Å². The van der Waals surface area contributed by atoms with E-state index in [0.717, 1.165) is 12.8 Å². The third-order valence-electron chi connectivity index (χ3n) is 6.93. The third kappa shape index (κ3) is 42.2. The van der Waals surface area contributed by atoms with Gasteiger partial charge in [0.1, 0.15) is 6.61 Å². The smallest absolute Gasteiger partial charge is 0.305 e. The van der Waals surface area contributed by atoms with Gasteiger partial charge in [0.2, 0.25) is 5.91 Å². The number of amides is 1. The van der Waals surface area contributed by atoms with Gasteiger partial charge in [-0.1, -0.05) is 58.3 Å². The van der Waals surface area contributed by atoms with Gasteiger partial charge < -0.3 is 53.1 Å². The zero-order valence-corrected chi connectivity index (χ0v) is 30.3. The predicted molar refractivity (Wildman–Crippen MR) is 184 cm³/mol. The Morgan fingerprint density at radius 1 is 0.429 bits per heavy atom. The van der Waals surface area contributed by atoms with Crippen LogP contribution in [0.1, 0.15) is 90.4 Å². The number of esters is 1. The number of nitrogens with one attached hydrogen (secondary N) is 1. The van der Waals surface area contributed by atoms with Crippen LogP contribution < -0.4 is 5.32 Å². The molecule has 0 aromatic heterocycles. The summed E-state index contributed by atoms with van der Waals surface area (Å²) in [6.45, 7) is 10.4. The summed E-state index contributed by atoms with van der Waals surface area (Å²) in [6.07, 6.45) is 12.0. The van der Waals surface area contributed by atoms with Gasteiger partial charge in [-0.15, -0.1) is 0 Å². The fourth-order valence-electron chi connectivity index (χ4n) is 4.22. The average Bonchev–Trinajstić information content (AvgIpc) is 3.09. The number of carboxylic acids is 1. The molecule has 1 amide bonds. The summed E-state index contributed by atoms with van der Waals surface area (Å²) >= 11 is 0. The third-order valence-corrected chi connectivity index (χ3v) is 6.93. The molecule has 0 atom stereocenters. The Labute approximate surface area is 294 Å². The Hall–Kier alpha value is -1.91. The normalized spacial score (nSPS) is 11.2. The van der Waals surface area contributed by atoms with Crippen LogP contribution in [-0.4, -0.2) is 142 Å². The van der Waals surface area contributed by atoms with Gasteiger partial charge in [-0.3, -0.25) is 14.4 Å². The Morgan fingerprint density at radius 3 is 1.20 bits per heavy atom. The average molecular weight is 710 g/mol. The van der Waals surface area contributed by atoms with Gasteiger partial charge in [-0.05, 0) is 12.8 Å². The second kappa shape index (κ2) is 40.5. The lowest BCUT2D eigenvalue weighted by molar-refractivity contribution is -0.145. The molecule has 0 fully saturated rings. The van der Waals surface area contributed by atoms with Crippen molar-refractivity contribution in [2.24, 2.45) is 0 Å². The maximum absolute atomic E-state index is 11.8. The topological polar surface area (TPSA) is 167 Å². The van der Waals surface area contributed by atoms with Gasteiger partial charge in [0.25, 0.3) is 0 Å². The van der Waals surface area contributed by atoms with Gasteiger partial charge in [0.15, 0.2) is 0 Å². The Kier molecular flexibility index (Phi) is 38.9. The van der Waals surface area contributed by atoms with Crippen LogP contribution in [0.4, 0.5) is 0 Å². The summed E-state index contributed by atoms with van der Waals surface area (Å²) < 4.78 is 48.8. The minimum absolute atomic E-state index is 0.0109. The second-order valence-corrected chi connectivity index (χ2v) is 11.3. The van der Waals surface area contributed by atoms with E-state index in [4.69, 9.17) is 47.7 Å². The van der Waals surface area contributed by atoms with E-state index in [0.29, 0.717) is 125 Å². The maximum Gasteiger partial charge on any atom is 0.305 e. The number of unbranched alkanes of at least 4 members (excludes halogenated alkanes) is 8. The van der Waals surface area contributed by atoms with E-state index in [1.165, 1.54) is 44.9 Å². The molecule has 0 aromatic carbocycles. The summed E-state index contributed by atoms with van der Waals surface area (Å²) in [5.74, 6) is -1.40. The number of hydrogen-bond acceptors (Lipinski definition) is 12. The van der Waals surface area contributed by atoms with Crippen molar-refractivity contribution in [1.29, 1.82) is 0 Å². The van der Waals surface area contributed by atoms with Crippen LogP contribution in [0.5, 0.6) is 0 Å². The number of aliphatic carboxylic acids is 1. The van der Waals surface area contributed by atoms with Gasteiger partial charge in [0.05, 0.1) is 106 Å². The largest absolute Gasteiger partial charge is 0.481 e. The lowest BCUT2D eigenvalue weighted by atomic mass is 10.1. The van der Waals surface area contributed by atoms with Gasteiger partial charge >= 0.3 is 11.9 Å². The fraction of sp³-hybridized carbons (Fsp3) is 0.914. The SMILES string of the molecule is CCCCCCCCCCCC(=O)OCCOCCOCCOCCOCCOCCOCCOCCOCCCNC(=O)CCC(=O)O. The quantitative estimate of drug-likeness (QED) is 0.0693. The molecule has 14 nitrogen and oxygen atoms in total. The molecule has 0 spiro atoms. The van der Waals surface area contributed by atoms with Crippen LogP contribution in [-0.2, 0) is 57.0 Å². The van der Waals surface area contributed by atoms with E-state index >= 15 is 0 Å². The van der Waals surface area contributed by atoms with E-state index in [1.54, 1.807) is 0 Å². The summed E-state index contributed by atoms with van der Waals surface area (Å²) in [5, 5.41) is 11.2. The molecule has 14 heteroatoms. The molecular weight excluding hydrogens is 642 g/mol. The van der Waals surface area contributed by atoms with E-state index < -0.39 is 5.97 Å². The zero-order valence-electron chi connectivity index (χ0n) is 30.3. The Bertz CT molecular complexity index is 730. The minimum atomic E-state index is -0.983. The highest BCUT2D eigenvalue weighted by atomic mass is 16.6. The number of rotatable bonds is 41. The summed E-state index contributed by atoms with van der Waals surface area (Å²) in [4.78, 5) is 33.5. The molecule has 0 radical (unpaired) electrons. The van der Waals surface area contributed by atoms with Crippen molar-refractivity contribution in [2.45, 2.75) is 90.4 Å². The van der Waals surface area contributed by atoms with Crippen LogP contribution in [0.25, 0.3) is 0 Å². The lowest BCUT2D eigenvalue weighted by Gasteiger charge is -2.09. The van der Waals surface area contributed by atoms with Crippen LogP contribution in [0.3, 0.4) is 0 Å². The molecule has 0 rings (SSSR count). The molecule has 0 aliphatic heterocycles. The van der Waals surface area contributed by atoms with Crippen molar-refractivity contribution >= 4 is 17.8 Å². The summed E-state index contributed by atoms with van der Waals surface area (Å²) in [5.41, 5.74) is 0. The van der Waals surface area contributed by atoms with Crippen molar-refractivity contribution in [3.63, 3.8) is 0 Å². The molecular formula is C35H67NO13. The lowest BCUT2D eigenvalue weighted by Crippen LogP contribution is -2.25. The van der Waals surface area contributed by atoms with Gasteiger partial charge in [-0.25, -0.2) is 0 Å². The first-order chi connectivity index (χ1) is 24.1. The van der Waals surface area contributed by atoms with Crippen molar-refractivity contribution in [3.05, 3.63) is 0 Å². The molecule has 0 unspecified atom stereocenters. The molecule has 0 aliphatic rings. The number of carbonyl (C=O) groups excluding carboxylic acids is 2. The van der Waals surface area contributed by atoms with Crippen LogP contribution >= 0.6 is 0 Å². The van der Waals surface area contributed by atoms with Gasteiger partial charge in [-0.2, -0.15) is 0 Å². The van der Waals surface area contributed by atoms with Gasteiger partial charge in [0, 0.05) is 26.0 Å². The van der Waals surface area contributed by atoms with Crippen molar-refractivity contribution in [1.82, 2.24) is 5.32 Å². The standard InChI is InChI=1S/C35H67NO13/c1-2-3-4-5-6-7-8-9-10-12-35(40)49-32-31-48-30-29-47-28-27-46-26-25-45-24-23-44-22-21-43-20-19-42-18-17-41-16-11-15-36-33(37)13-14-34(38)39/h2-32H2,1H3,(H,36,37)(H,38,39). The molecule has 0 saturated heterocycles. The minimum Gasteiger partial charge on any atom is -0.481 e. The van der Waals surface area contributed by atoms with E-state index in [1.807, 2.05) is 0 Å². The molecule has 0 aliphatic carbocycles. The first-order valence-electron chi connectivity index (χ1n) is 18.3. The summed E-state index contributed by atoms with van der Waals surface area (Å²) in [6, 6.07) is 0. The molecule has 49 heavy (non-hydrogen) atoms. The second-order valence-electron chi connectivity index (χ2n) is 11.3. The molecule has 0 aromatic rings. The zero-order chi connectivity index (χ0) is 35.7. The van der Waals surface area contributed by atoms with Crippen LogP contribution in [0.15, 0.2) is 0 Å². The predicted octanol–water partition coefficient (Wildman–Crippen LogP) is 3.95. The number of carboxylic acid groups (broad SMARTS) is 1. The maximum atomic E-state index is 11.8. The molecule has 0 saturated carbocycles. The Balaban J connectivity index is 3.14. The number of hydrogen-bond donors (Lipinski definition) is 2. The molecule has 2 N–H and O–H groups in total. The highest BCUT2D eigenvalue weighted by Gasteiger charge is 2.05. The molecule has 290 valence electrons. The monoisotopic (exact) mass is 709 g/mol. The van der Waals surface area contributed by atoms with E-state index in [2.05, 4.69) is 12.2 Å². The van der Waals surface area contributed by atoms with Crippen molar-refractivity contribution < 1.29 is 62.1 Å². The van der Waals surface area contributed by atoms with E-state index in [-0.39, 0.29) is 31.3 Å². The first-order valence-corrected chi connectivity index (χ1v) is 18.3. The van der Waals surface area contributed by atoms with Crippen LogP contribution in [0, 0.1) is 0 Å². The van der Waals surface area contributed by atoms with Crippen LogP contribution in [0.2, 0.25) is 0 Å². The van der Waals surface area contributed by atoms with Crippen molar-refractivity contribution in [2.75, 3.05) is 119 Å².